The molecule has 0 aliphatic heterocycles. The van der Waals surface area contributed by atoms with Gasteiger partial charge in [-0.25, -0.2) is 4.39 Å². The van der Waals surface area contributed by atoms with E-state index in [1.807, 2.05) is 6.92 Å². The van der Waals surface area contributed by atoms with Gasteiger partial charge in [0.05, 0.1) is 0 Å². The quantitative estimate of drug-likeness (QED) is 0.591. The van der Waals surface area contributed by atoms with Crippen molar-refractivity contribution in [2.24, 2.45) is 5.92 Å². The molecule has 1 amide bonds. The van der Waals surface area contributed by atoms with E-state index in [1.165, 1.54) is 23.3 Å². The Morgan fingerprint density at radius 1 is 1.08 bits per heavy atom. The highest BCUT2D eigenvalue weighted by Crippen LogP contribution is 2.47. The molecule has 3 N–H and O–H groups in total. The summed E-state index contributed by atoms with van der Waals surface area (Å²) in [5, 5.41) is 3.12. The van der Waals surface area contributed by atoms with Crippen LogP contribution in [-0.4, -0.2) is 11.0 Å². The fourth-order valence-corrected chi connectivity index (χ4v) is 2.74. The zero-order valence-corrected chi connectivity index (χ0v) is 14.0. The minimum Gasteiger partial charge on any atom is -0.331 e. The maximum atomic E-state index is 12.8. The lowest BCUT2D eigenvalue weighted by atomic mass is 10.1. The molecule has 1 aliphatic carbocycles. The van der Waals surface area contributed by atoms with E-state index in [1.54, 1.807) is 12.1 Å². The van der Waals surface area contributed by atoms with Gasteiger partial charge in [-0.2, -0.15) is 0 Å². The Morgan fingerprint density at radius 3 is 2.42 bits per heavy atom. The van der Waals surface area contributed by atoms with Gasteiger partial charge in [0.15, 0.2) is 5.11 Å². The smallest absolute Gasteiger partial charge is 0.242 e. The maximum Gasteiger partial charge on any atom is 0.242 e. The number of thiocarbonyl (C=S) groups is 1. The Labute approximate surface area is 145 Å². The predicted octanol–water partition coefficient (Wildman–Crippen LogP) is 3.26. The third kappa shape index (κ3) is 4.08. The van der Waals surface area contributed by atoms with Crippen LogP contribution in [0.25, 0.3) is 0 Å². The Balaban J connectivity index is 1.45. The van der Waals surface area contributed by atoms with E-state index < -0.39 is 0 Å². The van der Waals surface area contributed by atoms with Crippen molar-refractivity contribution in [3.05, 3.63) is 65.5 Å². The number of rotatable bonds is 3. The van der Waals surface area contributed by atoms with Gasteiger partial charge in [0.25, 0.3) is 0 Å². The molecule has 2 aromatic rings. The van der Waals surface area contributed by atoms with Crippen molar-refractivity contribution >= 4 is 28.9 Å². The zero-order valence-electron chi connectivity index (χ0n) is 13.2. The number of amides is 1. The number of aryl methyl sites for hydroxylation is 1. The topological polar surface area (TPSA) is 53.2 Å². The maximum absolute atomic E-state index is 12.8. The largest absolute Gasteiger partial charge is 0.331 e. The van der Waals surface area contributed by atoms with E-state index in [0.29, 0.717) is 5.69 Å². The summed E-state index contributed by atoms with van der Waals surface area (Å²) in [6.45, 7) is 2.04. The van der Waals surface area contributed by atoms with Crippen molar-refractivity contribution in [1.29, 1.82) is 0 Å². The minimum absolute atomic E-state index is 0.0335. The summed E-state index contributed by atoms with van der Waals surface area (Å²) < 4.78 is 12.8. The summed E-state index contributed by atoms with van der Waals surface area (Å²) >= 11 is 5.10. The van der Waals surface area contributed by atoms with Crippen LogP contribution < -0.4 is 16.2 Å². The standard InChI is InChI=1S/C18H18FN3OS/c1-11-2-4-12(5-3-11)15-10-16(15)17(23)21-22-18(24)20-14-8-6-13(19)7-9-14/h2-9,15-16H,10H2,1H3,(H,21,23)(H2,20,22,24)/t15-,16+/m1/s1. The Morgan fingerprint density at radius 2 is 1.75 bits per heavy atom. The molecule has 0 aromatic heterocycles. The van der Waals surface area contributed by atoms with Gasteiger partial charge in [0.1, 0.15) is 5.82 Å². The van der Waals surface area contributed by atoms with E-state index in [-0.39, 0.29) is 28.7 Å². The van der Waals surface area contributed by atoms with Gasteiger partial charge in [-0.1, -0.05) is 29.8 Å². The number of hydrogen-bond donors (Lipinski definition) is 3. The first-order valence-electron chi connectivity index (χ1n) is 7.72. The van der Waals surface area contributed by atoms with E-state index in [9.17, 15) is 9.18 Å². The number of nitrogens with one attached hydrogen (secondary N) is 3. The van der Waals surface area contributed by atoms with Gasteiger partial charge in [0.2, 0.25) is 5.91 Å². The van der Waals surface area contributed by atoms with Crippen molar-refractivity contribution in [1.82, 2.24) is 10.9 Å². The van der Waals surface area contributed by atoms with Crippen LogP contribution >= 0.6 is 12.2 Å². The molecular formula is C18H18FN3OS. The number of halogens is 1. The number of anilines is 1. The third-order valence-corrected chi connectivity index (χ3v) is 4.24. The molecule has 0 unspecified atom stereocenters. The first-order valence-corrected chi connectivity index (χ1v) is 8.13. The molecule has 0 bridgehead atoms. The Hall–Kier alpha value is -2.47. The van der Waals surface area contributed by atoms with Crippen LogP contribution in [0.5, 0.6) is 0 Å². The lowest BCUT2D eigenvalue weighted by molar-refractivity contribution is -0.122. The first-order chi connectivity index (χ1) is 11.5. The van der Waals surface area contributed by atoms with Crippen molar-refractivity contribution < 1.29 is 9.18 Å². The highest BCUT2D eigenvalue weighted by molar-refractivity contribution is 7.80. The van der Waals surface area contributed by atoms with Crippen LogP contribution in [0.3, 0.4) is 0 Å². The molecule has 0 spiro atoms. The molecule has 1 fully saturated rings. The molecule has 3 rings (SSSR count). The number of hydrazine groups is 1. The van der Waals surface area contributed by atoms with E-state index >= 15 is 0 Å². The molecule has 0 heterocycles. The molecule has 2 atom stereocenters. The summed E-state index contributed by atoms with van der Waals surface area (Å²) in [6, 6.07) is 14.1. The normalized spacial score (nSPS) is 18.6. The van der Waals surface area contributed by atoms with E-state index in [2.05, 4.69) is 40.4 Å². The number of carbonyl (C=O) groups excluding carboxylic acids is 1. The zero-order chi connectivity index (χ0) is 17.1. The van der Waals surface area contributed by atoms with Crippen LogP contribution in [0.1, 0.15) is 23.5 Å². The van der Waals surface area contributed by atoms with Gasteiger partial charge < -0.3 is 5.32 Å². The van der Waals surface area contributed by atoms with E-state index in [0.717, 1.165) is 6.42 Å². The summed E-state index contributed by atoms with van der Waals surface area (Å²) in [4.78, 5) is 12.1. The summed E-state index contributed by atoms with van der Waals surface area (Å²) in [6.07, 6.45) is 0.842. The lowest BCUT2D eigenvalue weighted by Crippen LogP contribution is -2.44. The Bertz CT molecular complexity index is 746. The number of carbonyl (C=O) groups is 1. The first kappa shape index (κ1) is 16.4. The molecule has 1 saturated carbocycles. The third-order valence-electron chi connectivity index (χ3n) is 4.03. The predicted molar refractivity (Wildman–Crippen MR) is 95.9 cm³/mol. The monoisotopic (exact) mass is 343 g/mol. The highest BCUT2D eigenvalue weighted by atomic mass is 32.1. The second kappa shape index (κ2) is 6.97. The van der Waals surface area contributed by atoms with Crippen molar-refractivity contribution in [3.63, 3.8) is 0 Å². The molecule has 1 aliphatic rings. The Kier molecular flexibility index (Phi) is 4.76. The van der Waals surface area contributed by atoms with Crippen molar-refractivity contribution in [2.75, 3.05) is 5.32 Å². The van der Waals surface area contributed by atoms with Crippen LogP contribution in [0, 0.1) is 18.7 Å². The van der Waals surface area contributed by atoms with Gasteiger partial charge in [0, 0.05) is 11.6 Å². The van der Waals surface area contributed by atoms with Gasteiger partial charge in [-0.3, -0.25) is 15.6 Å². The summed E-state index contributed by atoms with van der Waals surface area (Å²) in [7, 11) is 0. The molecule has 6 heteroatoms. The summed E-state index contributed by atoms with van der Waals surface area (Å²) in [5.74, 6) is -0.160. The van der Waals surface area contributed by atoms with Crippen LogP contribution in [0.15, 0.2) is 48.5 Å². The second-order valence-corrected chi connectivity index (χ2v) is 6.34. The molecule has 2 aromatic carbocycles. The molecule has 124 valence electrons. The van der Waals surface area contributed by atoms with Gasteiger partial charge >= 0.3 is 0 Å². The fourth-order valence-electron chi connectivity index (χ4n) is 2.57. The van der Waals surface area contributed by atoms with Crippen molar-refractivity contribution in [3.8, 4) is 0 Å². The second-order valence-electron chi connectivity index (χ2n) is 5.93. The molecule has 24 heavy (non-hydrogen) atoms. The SMILES string of the molecule is Cc1ccc([C@H]2C[C@@H]2C(=O)NNC(=S)Nc2ccc(F)cc2)cc1. The number of hydrogen-bond acceptors (Lipinski definition) is 2. The molecular weight excluding hydrogens is 325 g/mol. The fraction of sp³-hybridized carbons (Fsp3) is 0.222. The van der Waals surface area contributed by atoms with Gasteiger partial charge in [-0.05, 0) is 61.3 Å². The summed E-state index contributed by atoms with van der Waals surface area (Å²) in [5.41, 5.74) is 8.34. The van der Waals surface area contributed by atoms with E-state index in [4.69, 9.17) is 12.2 Å². The molecule has 0 radical (unpaired) electrons. The van der Waals surface area contributed by atoms with Crippen LogP contribution in [0.2, 0.25) is 0 Å². The lowest BCUT2D eigenvalue weighted by Gasteiger charge is -2.11. The highest BCUT2D eigenvalue weighted by Gasteiger charge is 2.43. The average molecular weight is 343 g/mol. The van der Waals surface area contributed by atoms with Crippen LogP contribution in [0.4, 0.5) is 10.1 Å². The molecule has 0 saturated heterocycles. The van der Waals surface area contributed by atoms with Crippen LogP contribution in [-0.2, 0) is 4.79 Å². The van der Waals surface area contributed by atoms with Crippen molar-refractivity contribution in [2.45, 2.75) is 19.3 Å². The van der Waals surface area contributed by atoms with Gasteiger partial charge in [-0.15, -0.1) is 0 Å². The average Bonchev–Trinajstić information content (AvgIpc) is 3.36. The molecule has 4 nitrogen and oxygen atoms in total. The number of benzene rings is 2. The minimum atomic E-state index is -0.316.